The summed E-state index contributed by atoms with van der Waals surface area (Å²) in [7, 11) is 1.55. The number of hydrogen-bond acceptors (Lipinski definition) is 5. The standard InChI is InChI=1S/C22H24FN3O3/c1-29-20-15-16(23)7-8-19(20)25-13-11-24(12-14-25)9-4-10-26-21(27)17-5-2-3-6-18(17)22(26)28/h2-3,5-8,15H,4,9-14H2,1H3. The number of ether oxygens (including phenoxy) is 1. The van der Waals surface area contributed by atoms with E-state index >= 15 is 0 Å². The number of imide groups is 1. The molecule has 2 heterocycles. The predicted octanol–water partition coefficient (Wildman–Crippen LogP) is 2.64. The first kappa shape index (κ1) is 19.4. The van der Waals surface area contributed by atoms with Gasteiger partial charge in [0.25, 0.3) is 11.8 Å². The minimum Gasteiger partial charge on any atom is -0.494 e. The molecule has 0 aliphatic carbocycles. The van der Waals surface area contributed by atoms with Crippen molar-refractivity contribution in [2.24, 2.45) is 0 Å². The van der Waals surface area contributed by atoms with Crippen LogP contribution in [-0.4, -0.2) is 68.0 Å². The summed E-state index contributed by atoms with van der Waals surface area (Å²) < 4.78 is 18.7. The fourth-order valence-electron chi connectivity index (χ4n) is 4.02. The highest BCUT2D eigenvalue weighted by Gasteiger charge is 2.34. The molecular formula is C22H24FN3O3. The van der Waals surface area contributed by atoms with Gasteiger partial charge >= 0.3 is 0 Å². The van der Waals surface area contributed by atoms with Crippen molar-refractivity contribution < 1.29 is 18.7 Å². The molecule has 0 spiro atoms. The Morgan fingerprint density at radius 3 is 2.21 bits per heavy atom. The van der Waals surface area contributed by atoms with Crippen molar-refractivity contribution in [3.63, 3.8) is 0 Å². The van der Waals surface area contributed by atoms with E-state index < -0.39 is 0 Å². The summed E-state index contributed by atoms with van der Waals surface area (Å²) in [4.78, 5) is 30.7. The van der Waals surface area contributed by atoms with E-state index in [0.717, 1.165) is 44.8 Å². The summed E-state index contributed by atoms with van der Waals surface area (Å²) in [6.07, 6.45) is 0.741. The third-order valence-electron chi connectivity index (χ3n) is 5.59. The van der Waals surface area contributed by atoms with Gasteiger partial charge in [-0.2, -0.15) is 0 Å². The van der Waals surface area contributed by atoms with Gasteiger partial charge in [0.15, 0.2) is 0 Å². The lowest BCUT2D eigenvalue weighted by molar-refractivity contribution is 0.0647. The molecule has 0 bridgehead atoms. The average molecular weight is 397 g/mol. The average Bonchev–Trinajstić information content (AvgIpc) is 2.99. The lowest BCUT2D eigenvalue weighted by Gasteiger charge is -2.36. The molecule has 6 nitrogen and oxygen atoms in total. The second kappa shape index (κ2) is 8.21. The maximum absolute atomic E-state index is 13.4. The smallest absolute Gasteiger partial charge is 0.261 e. The molecule has 2 aromatic carbocycles. The molecule has 1 saturated heterocycles. The summed E-state index contributed by atoms with van der Waals surface area (Å²) in [6, 6.07) is 11.6. The van der Waals surface area contributed by atoms with Gasteiger partial charge in [-0.05, 0) is 37.2 Å². The summed E-state index contributed by atoms with van der Waals surface area (Å²) >= 11 is 0. The summed E-state index contributed by atoms with van der Waals surface area (Å²) in [5, 5.41) is 0. The summed E-state index contributed by atoms with van der Waals surface area (Å²) in [6.45, 7) is 4.61. The molecule has 0 radical (unpaired) electrons. The molecule has 2 aromatic rings. The predicted molar refractivity (Wildman–Crippen MR) is 108 cm³/mol. The first-order valence-corrected chi connectivity index (χ1v) is 9.84. The Morgan fingerprint density at radius 2 is 1.59 bits per heavy atom. The fraction of sp³-hybridized carbons (Fsp3) is 0.364. The maximum Gasteiger partial charge on any atom is 0.261 e. The molecule has 2 aliphatic rings. The van der Waals surface area contributed by atoms with E-state index in [1.54, 1.807) is 37.4 Å². The maximum atomic E-state index is 13.4. The van der Waals surface area contributed by atoms with Crippen LogP contribution in [0.1, 0.15) is 27.1 Å². The van der Waals surface area contributed by atoms with E-state index in [1.165, 1.54) is 17.0 Å². The van der Waals surface area contributed by atoms with E-state index in [9.17, 15) is 14.0 Å². The Morgan fingerprint density at radius 1 is 0.931 bits per heavy atom. The zero-order valence-corrected chi connectivity index (χ0v) is 16.4. The topological polar surface area (TPSA) is 53.1 Å². The van der Waals surface area contributed by atoms with Crippen molar-refractivity contribution in [1.82, 2.24) is 9.80 Å². The number of nitrogens with zero attached hydrogens (tertiary/aromatic N) is 3. The zero-order valence-electron chi connectivity index (χ0n) is 16.4. The molecule has 4 rings (SSSR count). The molecular weight excluding hydrogens is 373 g/mol. The number of fused-ring (bicyclic) bond motifs is 1. The number of benzene rings is 2. The number of piperazine rings is 1. The van der Waals surface area contributed by atoms with Crippen LogP contribution in [0.2, 0.25) is 0 Å². The Balaban J connectivity index is 1.27. The lowest BCUT2D eigenvalue weighted by atomic mass is 10.1. The quantitative estimate of drug-likeness (QED) is 0.702. The third kappa shape index (κ3) is 3.82. The van der Waals surface area contributed by atoms with Crippen molar-refractivity contribution in [3.8, 4) is 5.75 Å². The second-order valence-corrected chi connectivity index (χ2v) is 7.31. The van der Waals surface area contributed by atoms with Crippen molar-refractivity contribution in [2.75, 3.05) is 51.3 Å². The Hall–Kier alpha value is -2.93. The van der Waals surface area contributed by atoms with Gasteiger partial charge in [0.2, 0.25) is 0 Å². The Bertz CT molecular complexity index is 890. The van der Waals surface area contributed by atoms with Gasteiger partial charge in [0.1, 0.15) is 11.6 Å². The molecule has 152 valence electrons. The minimum atomic E-state index is -0.308. The van der Waals surface area contributed by atoms with E-state index in [4.69, 9.17) is 4.74 Å². The first-order valence-electron chi connectivity index (χ1n) is 9.84. The van der Waals surface area contributed by atoms with Gasteiger partial charge in [-0.15, -0.1) is 0 Å². The number of halogens is 1. The van der Waals surface area contributed by atoms with Crippen LogP contribution in [-0.2, 0) is 0 Å². The number of carbonyl (C=O) groups is 2. The number of amides is 2. The van der Waals surface area contributed by atoms with Gasteiger partial charge in [-0.25, -0.2) is 4.39 Å². The van der Waals surface area contributed by atoms with Crippen molar-refractivity contribution >= 4 is 17.5 Å². The first-order chi connectivity index (χ1) is 14.1. The number of methoxy groups -OCH3 is 1. The number of carbonyl (C=O) groups excluding carboxylic acids is 2. The fourth-order valence-corrected chi connectivity index (χ4v) is 4.02. The van der Waals surface area contributed by atoms with Crippen LogP contribution in [0.4, 0.5) is 10.1 Å². The minimum absolute atomic E-state index is 0.196. The van der Waals surface area contributed by atoms with Gasteiger partial charge in [-0.3, -0.25) is 19.4 Å². The SMILES string of the molecule is COc1cc(F)ccc1N1CCN(CCCN2C(=O)c3ccccc3C2=O)CC1. The van der Waals surface area contributed by atoms with Crippen LogP contribution in [0, 0.1) is 5.82 Å². The number of anilines is 1. The summed E-state index contributed by atoms with van der Waals surface area (Å²) in [5.74, 6) is -0.154. The molecule has 0 saturated carbocycles. The van der Waals surface area contributed by atoms with Gasteiger partial charge in [0, 0.05) is 38.8 Å². The molecule has 0 atom stereocenters. The Kier molecular flexibility index (Phi) is 5.49. The van der Waals surface area contributed by atoms with Crippen LogP contribution in [0.5, 0.6) is 5.75 Å². The highest BCUT2D eigenvalue weighted by atomic mass is 19.1. The van der Waals surface area contributed by atoms with Crippen LogP contribution in [0.3, 0.4) is 0 Å². The van der Waals surface area contributed by atoms with E-state index in [2.05, 4.69) is 9.80 Å². The molecule has 29 heavy (non-hydrogen) atoms. The van der Waals surface area contributed by atoms with Crippen molar-refractivity contribution in [1.29, 1.82) is 0 Å². The highest BCUT2D eigenvalue weighted by molar-refractivity contribution is 6.21. The molecule has 2 amide bonds. The zero-order chi connectivity index (χ0) is 20.4. The largest absolute Gasteiger partial charge is 0.494 e. The van der Waals surface area contributed by atoms with Crippen LogP contribution >= 0.6 is 0 Å². The van der Waals surface area contributed by atoms with E-state index in [-0.39, 0.29) is 17.6 Å². The second-order valence-electron chi connectivity index (χ2n) is 7.31. The monoisotopic (exact) mass is 397 g/mol. The third-order valence-corrected chi connectivity index (χ3v) is 5.59. The number of rotatable bonds is 6. The Labute approximate surface area is 169 Å². The lowest BCUT2D eigenvalue weighted by Crippen LogP contribution is -2.47. The molecule has 2 aliphatic heterocycles. The molecule has 0 unspecified atom stereocenters. The molecule has 0 N–H and O–H groups in total. The van der Waals surface area contributed by atoms with Crippen LogP contribution in [0.15, 0.2) is 42.5 Å². The van der Waals surface area contributed by atoms with E-state index in [1.807, 2.05) is 0 Å². The number of hydrogen-bond donors (Lipinski definition) is 0. The van der Waals surface area contributed by atoms with Crippen LogP contribution < -0.4 is 9.64 Å². The van der Waals surface area contributed by atoms with Crippen molar-refractivity contribution in [2.45, 2.75) is 6.42 Å². The molecule has 7 heteroatoms. The highest BCUT2D eigenvalue weighted by Crippen LogP contribution is 2.29. The van der Waals surface area contributed by atoms with Crippen molar-refractivity contribution in [3.05, 3.63) is 59.4 Å². The molecule has 0 aromatic heterocycles. The van der Waals surface area contributed by atoms with E-state index in [0.29, 0.717) is 23.4 Å². The van der Waals surface area contributed by atoms with Gasteiger partial charge in [-0.1, -0.05) is 12.1 Å². The summed E-state index contributed by atoms with van der Waals surface area (Å²) in [5.41, 5.74) is 1.90. The van der Waals surface area contributed by atoms with Gasteiger partial charge in [0.05, 0.1) is 23.9 Å². The normalized spacial score (nSPS) is 17.0. The van der Waals surface area contributed by atoms with Gasteiger partial charge < -0.3 is 9.64 Å². The van der Waals surface area contributed by atoms with Crippen LogP contribution in [0.25, 0.3) is 0 Å². The molecule has 1 fully saturated rings.